The molecular weight excluding hydrogens is 390 g/mol. The number of carboxylic acids is 1. The molecule has 1 aromatic carbocycles. The lowest BCUT2D eigenvalue weighted by Gasteiger charge is -2.21. The van der Waals surface area contributed by atoms with Crippen molar-refractivity contribution in [1.82, 2.24) is 9.55 Å². The highest BCUT2D eigenvalue weighted by Gasteiger charge is 2.26. The third kappa shape index (κ3) is 3.93. The predicted octanol–water partition coefficient (Wildman–Crippen LogP) is 4.04. The Hall–Kier alpha value is -3.00. The van der Waals surface area contributed by atoms with Crippen molar-refractivity contribution >= 4 is 39.1 Å². The molecule has 0 bridgehead atoms. The van der Waals surface area contributed by atoms with Gasteiger partial charge in [0.25, 0.3) is 5.56 Å². The molecule has 1 atom stereocenters. The lowest BCUT2D eigenvalue weighted by molar-refractivity contribution is -0.118. The monoisotopic (exact) mass is 413 g/mol. The van der Waals surface area contributed by atoms with Crippen LogP contribution in [0.1, 0.15) is 61.4 Å². The van der Waals surface area contributed by atoms with Gasteiger partial charge in [-0.3, -0.25) is 14.2 Å². The number of benzene rings is 1. The highest BCUT2D eigenvalue weighted by molar-refractivity contribution is 7.17. The van der Waals surface area contributed by atoms with Crippen LogP contribution in [0.3, 0.4) is 0 Å². The summed E-state index contributed by atoms with van der Waals surface area (Å²) in [4.78, 5) is 42.5. The van der Waals surface area contributed by atoms with E-state index in [1.807, 2.05) is 38.1 Å². The second-order valence-corrected chi connectivity index (χ2v) is 8.01. The molecule has 0 fully saturated rings. The molecule has 0 saturated carbocycles. The Labute approximate surface area is 172 Å². The molecule has 1 amide bonds. The number of fused-ring (bicyclic) bond motifs is 1. The van der Waals surface area contributed by atoms with Crippen LogP contribution in [0.15, 0.2) is 34.4 Å². The zero-order chi connectivity index (χ0) is 21.3. The van der Waals surface area contributed by atoms with Gasteiger partial charge in [-0.25, -0.2) is 9.78 Å². The van der Waals surface area contributed by atoms with E-state index >= 15 is 0 Å². The fourth-order valence-corrected chi connectivity index (χ4v) is 4.06. The van der Waals surface area contributed by atoms with E-state index in [1.54, 1.807) is 6.92 Å². The molecule has 2 heterocycles. The van der Waals surface area contributed by atoms with Gasteiger partial charge in [-0.1, -0.05) is 32.9 Å². The van der Waals surface area contributed by atoms with Gasteiger partial charge in [-0.05, 0) is 31.0 Å². The molecule has 8 heteroatoms. The molecule has 29 heavy (non-hydrogen) atoms. The van der Waals surface area contributed by atoms with Gasteiger partial charge >= 0.3 is 5.97 Å². The van der Waals surface area contributed by atoms with E-state index in [4.69, 9.17) is 0 Å². The number of hydrogen-bond donors (Lipinski definition) is 2. The molecule has 0 aliphatic carbocycles. The van der Waals surface area contributed by atoms with E-state index in [-0.39, 0.29) is 22.8 Å². The number of anilines is 1. The van der Waals surface area contributed by atoms with Gasteiger partial charge in [0.15, 0.2) is 0 Å². The van der Waals surface area contributed by atoms with Gasteiger partial charge in [-0.2, -0.15) is 0 Å². The number of carbonyl (C=O) groups excluding carboxylic acids is 1. The average molecular weight is 413 g/mol. The standard InChI is InChI=1S/C21H23N3O4S/c1-5-13-6-8-14(9-7-13)22-18(25)12(4)24-17(11(2)3)23-19-16(20(24)26)15(10-29-19)21(27)28/h6-12H,5H2,1-4H3,(H,22,25)(H,27,28). The maximum absolute atomic E-state index is 13.2. The molecule has 0 aliphatic heterocycles. The first kappa shape index (κ1) is 20.7. The topological polar surface area (TPSA) is 101 Å². The van der Waals surface area contributed by atoms with Gasteiger partial charge in [0, 0.05) is 17.0 Å². The van der Waals surface area contributed by atoms with Crippen molar-refractivity contribution in [3.8, 4) is 0 Å². The number of amides is 1. The minimum atomic E-state index is -1.19. The van der Waals surface area contributed by atoms with Crippen molar-refractivity contribution in [1.29, 1.82) is 0 Å². The third-order valence-corrected chi connectivity index (χ3v) is 5.68. The smallest absolute Gasteiger partial charge is 0.337 e. The maximum atomic E-state index is 13.2. The Morgan fingerprint density at radius 3 is 2.41 bits per heavy atom. The van der Waals surface area contributed by atoms with Crippen molar-refractivity contribution in [3.63, 3.8) is 0 Å². The first-order chi connectivity index (χ1) is 13.7. The summed E-state index contributed by atoms with van der Waals surface area (Å²) in [7, 11) is 0. The molecule has 0 aliphatic rings. The van der Waals surface area contributed by atoms with Crippen LogP contribution in [0, 0.1) is 0 Å². The zero-order valence-electron chi connectivity index (χ0n) is 16.7. The summed E-state index contributed by atoms with van der Waals surface area (Å²) in [5.41, 5.74) is 1.19. The second-order valence-electron chi connectivity index (χ2n) is 7.15. The van der Waals surface area contributed by atoms with Crippen molar-refractivity contribution in [2.24, 2.45) is 0 Å². The maximum Gasteiger partial charge on any atom is 0.337 e. The Kier molecular flexibility index (Phi) is 5.83. The number of nitrogens with zero attached hydrogens (tertiary/aromatic N) is 2. The normalized spacial score (nSPS) is 12.3. The molecule has 2 aromatic heterocycles. The van der Waals surface area contributed by atoms with Crippen LogP contribution < -0.4 is 10.9 Å². The molecule has 0 saturated heterocycles. The van der Waals surface area contributed by atoms with Crippen LogP contribution in [-0.2, 0) is 11.2 Å². The predicted molar refractivity (Wildman–Crippen MR) is 114 cm³/mol. The SMILES string of the molecule is CCc1ccc(NC(=O)C(C)n2c(C(C)C)nc3scc(C(=O)O)c3c2=O)cc1. The Morgan fingerprint density at radius 1 is 1.21 bits per heavy atom. The first-order valence-electron chi connectivity index (χ1n) is 9.41. The Morgan fingerprint density at radius 2 is 1.86 bits per heavy atom. The van der Waals surface area contributed by atoms with E-state index in [9.17, 15) is 19.5 Å². The van der Waals surface area contributed by atoms with Gasteiger partial charge in [0.2, 0.25) is 5.91 Å². The van der Waals surface area contributed by atoms with Crippen LogP contribution in [0.4, 0.5) is 5.69 Å². The Bertz CT molecular complexity index is 1130. The lowest BCUT2D eigenvalue weighted by atomic mass is 10.1. The summed E-state index contributed by atoms with van der Waals surface area (Å²) >= 11 is 1.12. The fraction of sp³-hybridized carbons (Fsp3) is 0.333. The number of carboxylic acid groups (broad SMARTS) is 1. The summed E-state index contributed by atoms with van der Waals surface area (Å²) in [5, 5.41) is 13.7. The van der Waals surface area contributed by atoms with Crippen molar-refractivity contribution in [2.45, 2.75) is 46.1 Å². The number of aryl methyl sites for hydroxylation is 1. The van der Waals surface area contributed by atoms with E-state index in [0.717, 1.165) is 23.3 Å². The molecule has 7 nitrogen and oxygen atoms in total. The van der Waals surface area contributed by atoms with Crippen LogP contribution in [-0.4, -0.2) is 26.5 Å². The summed E-state index contributed by atoms with van der Waals surface area (Å²) in [6.07, 6.45) is 0.899. The largest absolute Gasteiger partial charge is 0.478 e. The minimum Gasteiger partial charge on any atom is -0.478 e. The average Bonchev–Trinajstić information content (AvgIpc) is 3.12. The summed E-state index contributed by atoms with van der Waals surface area (Å²) in [6, 6.07) is 6.65. The highest BCUT2D eigenvalue weighted by atomic mass is 32.1. The summed E-state index contributed by atoms with van der Waals surface area (Å²) in [5.74, 6) is -1.23. The third-order valence-electron chi connectivity index (χ3n) is 4.81. The van der Waals surface area contributed by atoms with Crippen molar-refractivity contribution < 1.29 is 14.7 Å². The highest BCUT2D eigenvalue weighted by Crippen LogP contribution is 2.26. The summed E-state index contributed by atoms with van der Waals surface area (Å²) < 4.78 is 1.31. The van der Waals surface area contributed by atoms with Gasteiger partial charge in [0.1, 0.15) is 16.7 Å². The van der Waals surface area contributed by atoms with Gasteiger partial charge in [-0.15, -0.1) is 11.3 Å². The number of thiophene rings is 1. The molecule has 0 spiro atoms. The molecule has 3 aromatic rings. The van der Waals surface area contributed by atoms with Crippen LogP contribution >= 0.6 is 11.3 Å². The van der Waals surface area contributed by atoms with E-state index in [2.05, 4.69) is 17.2 Å². The van der Waals surface area contributed by atoms with Gasteiger partial charge in [0.05, 0.1) is 10.9 Å². The van der Waals surface area contributed by atoms with Crippen LogP contribution in [0.2, 0.25) is 0 Å². The molecule has 0 radical (unpaired) electrons. The van der Waals surface area contributed by atoms with E-state index in [1.165, 1.54) is 9.95 Å². The number of nitrogens with one attached hydrogen (secondary N) is 1. The fourth-order valence-electron chi connectivity index (χ4n) is 3.15. The second kappa shape index (κ2) is 8.16. The molecule has 3 rings (SSSR count). The van der Waals surface area contributed by atoms with Crippen molar-refractivity contribution in [2.75, 3.05) is 5.32 Å². The zero-order valence-corrected chi connectivity index (χ0v) is 17.5. The number of hydrogen-bond acceptors (Lipinski definition) is 5. The quantitative estimate of drug-likeness (QED) is 0.635. The number of rotatable bonds is 6. The lowest BCUT2D eigenvalue weighted by Crippen LogP contribution is -2.35. The number of aromatic carboxylic acids is 1. The minimum absolute atomic E-state index is 0.0406. The Balaban J connectivity index is 2.05. The van der Waals surface area contributed by atoms with Crippen molar-refractivity contribution in [3.05, 3.63) is 57.0 Å². The van der Waals surface area contributed by atoms with E-state index in [0.29, 0.717) is 16.3 Å². The first-order valence-corrected chi connectivity index (χ1v) is 10.3. The van der Waals surface area contributed by atoms with Gasteiger partial charge < -0.3 is 10.4 Å². The molecule has 152 valence electrons. The number of carbonyl (C=O) groups is 2. The molecule has 1 unspecified atom stereocenters. The summed E-state index contributed by atoms with van der Waals surface area (Å²) in [6.45, 7) is 7.42. The number of aromatic nitrogens is 2. The van der Waals surface area contributed by atoms with Crippen LogP contribution in [0.5, 0.6) is 0 Å². The molecular formula is C21H23N3O4S. The molecule has 2 N–H and O–H groups in total. The van der Waals surface area contributed by atoms with E-state index < -0.39 is 17.6 Å². The van der Waals surface area contributed by atoms with Crippen LogP contribution in [0.25, 0.3) is 10.2 Å².